The van der Waals surface area contributed by atoms with Crippen molar-refractivity contribution in [2.75, 3.05) is 20.2 Å². The van der Waals surface area contributed by atoms with Gasteiger partial charge in [-0.15, -0.1) is 0 Å². The standard InChI is InChI=1S/C23H28N4O/c1-26-13-11-24-23(26)17-27-12-5-7-19(16-27)22-10-4-8-20(25-22)14-18-6-3-9-21(15-18)28-2/h3-4,6,8-11,13,15,19H,5,7,12,14,16-17H2,1-2H3/t19-/m0/s1. The molecule has 5 nitrogen and oxygen atoms in total. The van der Waals surface area contributed by atoms with Crippen LogP contribution in [0.2, 0.25) is 0 Å². The monoisotopic (exact) mass is 376 g/mol. The molecule has 0 amide bonds. The van der Waals surface area contributed by atoms with E-state index in [2.05, 4.69) is 51.8 Å². The zero-order valence-electron chi connectivity index (χ0n) is 16.7. The quantitative estimate of drug-likeness (QED) is 0.656. The number of benzene rings is 1. The number of aromatic nitrogens is 3. The minimum Gasteiger partial charge on any atom is -0.497 e. The highest BCUT2D eigenvalue weighted by Gasteiger charge is 2.23. The van der Waals surface area contributed by atoms with Crippen molar-refractivity contribution in [3.8, 4) is 5.75 Å². The van der Waals surface area contributed by atoms with Gasteiger partial charge < -0.3 is 9.30 Å². The Hall–Kier alpha value is -2.66. The number of pyridine rings is 1. The molecule has 1 saturated heterocycles. The highest BCUT2D eigenvalue weighted by Crippen LogP contribution is 2.27. The fourth-order valence-electron chi connectivity index (χ4n) is 4.00. The van der Waals surface area contributed by atoms with Gasteiger partial charge in [-0.1, -0.05) is 18.2 Å². The molecule has 146 valence electrons. The van der Waals surface area contributed by atoms with Crippen LogP contribution in [-0.4, -0.2) is 39.6 Å². The average Bonchev–Trinajstić information content (AvgIpc) is 3.13. The maximum atomic E-state index is 5.34. The van der Waals surface area contributed by atoms with Crippen molar-refractivity contribution in [1.82, 2.24) is 19.4 Å². The third-order valence-corrected chi connectivity index (χ3v) is 5.56. The highest BCUT2D eigenvalue weighted by atomic mass is 16.5. The number of ether oxygens (including phenoxy) is 1. The second kappa shape index (κ2) is 8.57. The molecule has 4 rings (SSSR count). The molecule has 3 aromatic rings. The summed E-state index contributed by atoms with van der Waals surface area (Å²) >= 11 is 0. The van der Waals surface area contributed by atoms with E-state index in [1.807, 2.05) is 24.5 Å². The predicted molar refractivity (Wildman–Crippen MR) is 110 cm³/mol. The van der Waals surface area contributed by atoms with Crippen LogP contribution in [0.1, 0.15) is 41.5 Å². The first kappa shape index (κ1) is 18.7. The van der Waals surface area contributed by atoms with Gasteiger partial charge in [-0.2, -0.15) is 0 Å². The number of methoxy groups -OCH3 is 1. The molecule has 1 aliphatic heterocycles. The molecular formula is C23H28N4O. The third kappa shape index (κ3) is 4.42. The van der Waals surface area contributed by atoms with Crippen LogP contribution in [0.3, 0.4) is 0 Å². The third-order valence-electron chi connectivity index (χ3n) is 5.56. The molecule has 0 spiro atoms. The number of nitrogens with zero attached hydrogens (tertiary/aromatic N) is 4. The molecule has 0 unspecified atom stereocenters. The van der Waals surface area contributed by atoms with E-state index in [-0.39, 0.29) is 0 Å². The summed E-state index contributed by atoms with van der Waals surface area (Å²) in [5.74, 6) is 2.51. The maximum Gasteiger partial charge on any atom is 0.122 e. The van der Waals surface area contributed by atoms with E-state index in [1.54, 1.807) is 7.11 Å². The van der Waals surface area contributed by atoms with Crippen molar-refractivity contribution in [3.63, 3.8) is 0 Å². The van der Waals surface area contributed by atoms with Gasteiger partial charge in [0.25, 0.3) is 0 Å². The van der Waals surface area contributed by atoms with Gasteiger partial charge in [0, 0.05) is 49.7 Å². The fourth-order valence-corrected chi connectivity index (χ4v) is 4.00. The molecule has 0 bridgehead atoms. The van der Waals surface area contributed by atoms with Crippen molar-refractivity contribution >= 4 is 0 Å². The number of hydrogen-bond donors (Lipinski definition) is 0. The first-order chi connectivity index (χ1) is 13.7. The molecule has 0 radical (unpaired) electrons. The molecule has 1 fully saturated rings. The SMILES string of the molecule is COc1cccc(Cc2cccc([C@H]3CCCN(Cc4nccn4C)C3)n2)c1. The summed E-state index contributed by atoms with van der Waals surface area (Å²) in [5, 5.41) is 0. The summed E-state index contributed by atoms with van der Waals surface area (Å²) in [4.78, 5) is 12.0. The summed E-state index contributed by atoms with van der Waals surface area (Å²) in [5.41, 5.74) is 3.56. The van der Waals surface area contributed by atoms with Crippen LogP contribution in [0.15, 0.2) is 54.9 Å². The molecule has 0 N–H and O–H groups in total. The summed E-state index contributed by atoms with van der Waals surface area (Å²) in [6.07, 6.45) is 7.12. The lowest BCUT2D eigenvalue weighted by Gasteiger charge is -2.32. The molecule has 1 aliphatic rings. The lowest BCUT2D eigenvalue weighted by molar-refractivity contribution is 0.192. The smallest absolute Gasteiger partial charge is 0.122 e. The van der Waals surface area contributed by atoms with Crippen LogP contribution in [0.5, 0.6) is 5.75 Å². The van der Waals surface area contributed by atoms with Gasteiger partial charge in [0.2, 0.25) is 0 Å². The Morgan fingerprint density at radius 2 is 2.07 bits per heavy atom. The van der Waals surface area contributed by atoms with Crippen molar-refractivity contribution < 1.29 is 4.74 Å². The second-order valence-corrected chi connectivity index (χ2v) is 7.61. The second-order valence-electron chi connectivity index (χ2n) is 7.61. The Labute approximate surface area is 167 Å². The highest BCUT2D eigenvalue weighted by molar-refractivity contribution is 5.31. The minimum atomic E-state index is 0.485. The predicted octanol–water partition coefficient (Wildman–Crippen LogP) is 3.79. The minimum absolute atomic E-state index is 0.485. The van der Waals surface area contributed by atoms with Crippen molar-refractivity contribution in [1.29, 1.82) is 0 Å². The normalized spacial score (nSPS) is 17.6. The van der Waals surface area contributed by atoms with Gasteiger partial charge in [0.15, 0.2) is 0 Å². The summed E-state index contributed by atoms with van der Waals surface area (Å²) < 4.78 is 7.45. The van der Waals surface area contributed by atoms with E-state index >= 15 is 0 Å². The molecule has 28 heavy (non-hydrogen) atoms. The molecule has 1 atom stereocenters. The Kier molecular flexibility index (Phi) is 5.72. The molecular weight excluding hydrogens is 348 g/mol. The van der Waals surface area contributed by atoms with Crippen molar-refractivity contribution in [2.24, 2.45) is 7.05 Å². The topological polar surface area (TPSA) is 43.2 Å². The molecule has 3 heterocycles. The molecule has 2 aromatic heterocycles. The maximum absolute atomic E-state index is 5.34. The fraction of sp³-hybridized carbons (Fsp3) is 0.391. The van der Waals surface area contributed by atoms with Gasteiger partial charge in [0.1, 0.15) is 11.6 Å². The Morgan fingerprint density at radius 1 is 1.18 bits per heavy atom. The van der Waals surface area contributed by atoms with Crippen LogP contribution in [0.25, 0.3) is 0 Å². The van der Waals surface area contributed by atoms with Crippen LogP contribution in [0.4, 0.5) is 0 Å². The van der Waals surface area contributed by atoms with E-state index in [9.17, 15) is 0 Å². The van der Waals surface area contributed by atoms with E-state index < -0.39 is 0 Å². The van der Waals surface area contributed by atoms with E-state index in [0.717, 1.165) is 43.3 Å². The van der Waals surface area contributed by atoms with Crippen LogP contribution < -0.4 is 4.74 Å². The van der Waals surface area contributed by atoms with E-state index in [1.165, 1.54) is 24.1 Å². The number of rotatable bonds is 6. The van der Waals surface area contributed by atoms with Crippen LogP contribution >= 0.6 is 0 Å². The average molecular weight is 377 g/mol. The number of hydrogen-bond acceptors (Lipinski definition) is 4. The number of aryl methyl sites for hydroxylation is 1. The molecule has 5 heteroatoms. The van der Waals surface area contributed by atoms with Crippen molar-refractivity contribution in [3.05, 3.63) is 77.6 Å². The van der Waals surface area contributed by atoms with Crippen molar-refractivity contribution in [2.45, 2.75) is 31.7 Å². The molecule has 0 aliphatic carbocycles. The first-order valence-corrected chi connectivity index (χ1v) is 9.98. The Balaban J connectivity index is 1.45. The van der Waals surface area contributed by atoms with Gasteiger partial charge in [-0.05, 0) is 49.2 Å². The van der Waals surface area contributed by atoms with Gasteiger partial charge in [-0.25, -0.2) is 4.98 Å². The zero-order chi connectivity index (χ0) is 19.3. The zero-order valence-corrected chi connectivity index (χ0v) is 16.7. The summed E-state index contributed by atoms with van der Waals surface area (Å²) in [6, 6.07) is 14.7. The lowest BCUT2D eigenvalue weighted by Crippen LogP contribution is -2.35. The van der Waals surface area contributed by atoms with Crippen LogP contribution in [0, 0.1) is 0 Å². The summed E-state index contributed by atoms with van der Waals surface area (Å²) in [7, 11) is 3.77. The largest absolute Gasteiger partial charge is 0.497 e. The first-order valence-electron chi connectivity index (χ1n) is 9.98. The van der Waals surface area contributed by atoms with Gasteiger partial charge in [-0.3, -0.25) is 9.88 Å². The van der Waals surface area contributed by atoms with Gasteiger partial charge >= 0.3 is 0 Å². The number of imidazole rings is 1. The Morgan fingerprint density at radius 3 is 2.89 bits per heavy atom. The summed E-state index contributed by atoms with van der Waals surface area (Å²) in [6.45, 7) is 3.08. The van der Waals surface area contributed by atoms with E-state index in [0.29, 0.717) is 5.92 Å². The van der Waals surface area contributed by atoms with Crippen LogP contribution in [-0.2, 0) is 20.0 Å². The van der Waals surface area contributed by atoms with E-state index in [4.69, 9.17) is 9.72 Å². The van der Waals surface area contributed by atoms with Gasteiger partial charge in [0.05, 0.1) is 13.7 Å². The number of likely N-dealkylation sites (tertiary alicyclic amines) is 1. The molecule has 0 saturated carbocycles. The lowest BCUT2D eigenvalue weighted by atomic mass is 9.94. The molecule has 1 aromatic carbocycles. The Bertz CT molecular complexity index is 920. The number of piperidine rings is 1.